The van der Waals surface area contributed by atoms with Gasteiger partial charge in [0.2, 0.25) is 6.08 Å². The van der Waals surface area contributed by atoms with Gasteiger partial charge in [0.15, 0.2) is 5.75 Å². The average Bonchev–Trinajstić information content (AvgIpc) is 2.12. The van der Waals surface area contributed by atoms with Crippen LogP contribution in [-0.4, -0.2) is 12.2 Å². The van der Waals surface area contributed by atoms with E-state index in [0.29, 0.717) is 8.95 Å². The second kappa shape index (κ2) is 5.05. The zero-order valence-corrected chi connectivity index (χ0v) is 9.83. The number of ether oxygens (including phenoxy) is 1. The third kappa shape index (κ3) is 2.77. The zero-order valence-electron chi connectivity index (χ0n) is 6.66. The summed E-state index contributed by atoms with van der Waals surface area (Å²) in [4.78, 5) is 23.4. The lowest BCUT2D eigenvalue weighted by Crippen LogP contribution is -2.02. The zero-order chi connectivity index (χ0) is 10.6. The molecule has 6 heteroatoms. The summed E-state index contributed by atoms with van der Waals surface area (Å²) in [5, 5.41) is 0. The number of halogens is 2. The molecule has 0 aliphatic carbocycles. The Labute approximate surface area is 96.2 Å². The summed E-state index contributed by atoms with van der Waals surface area (Å²) in [5.41, 5.74) is 0. The molecule has 0 saturated heterocycles. The molecule has 1 amide bonds. The Hall–Kier alpha value is -0.970. The fourth-order valence-corrected chi connectivity index (χ4v) is 1.89. The standard InChI is InChI=1S/C8H3Br2NO3/c9-5-2-1-3-6(10)7(5)14-8(13)11-4-12/h1-3H. The van der Waals surface area contributed by atoms with E-state index in [1.165, 1.54) is 0 Å². The Morgan fingerprint density at radius 2 is 1.93 bits per heavy atom. The van der Waals surface area contributed by atoms with Crippen LogP contribution in [0.15, 0.2) is 32.1 Å². The van der Waals surface area contributed by atoms with Gasteiger partial charge in [-0.3, -0.25) is 0 Å². The number of rotatable bonds is 1. The highest BCUT2D eigenvalue weighted by molar-refractivity contribution is 9.11. The molecule has 0 bridgehead atoms. The molecule has 0 aliphatic rings. The van der Waals surface area contributed by atoms with Crippen molar-refractivity contribution in [1.29, 1.82) is 0 Å². The highest BCUT2D eigenvalue weighted by Crippen LogP contribution is 2.33. The molecule has 0 fully saturated rings. The highest BCUT2D eigenvalue weighted by Gasteiger charge is 2.10. The van der Waals surface area contributed by atoms with Crippen molar-refractivity contribution in [3.8, 4) is 5.75 Å². The average molecular weight is 321 g/mol. The second-order valence-electron chi connectivity index (χ2n) is 2.12. The highest BCUT2D eigenvalue weighted by atomic mass is 79.9. The van der Waals surface area contributed by atoms with E-state index < -0.39 is 6.09 Å². The Balaban J connectivity index is 2.96. The van der Waals surface area contributed by atoms with Gasteiger partial charge < -0.3 is 4.74 Å². The number of hydrogen-bond acceptors (Lipinski definition) is 3. The molecule has 0 heterocycles. The monoisotopic (exact) mass is 319 g/mol. The Kier molecular flexibility index (Phi) is 4.00. The van der Waals surface area contributed by atoms with Gasteiger partial charge in [0.25, 0.3) is 0 Å². The van der Waals surface area contributed by atoms with Gasteiger partial charge in [0, 0.05) is 0 Å². The van der Waals surface area contributed by atoms with Crippen molar-refractivity contribution in [3.05, 3.63) is 27.1 Å². The van der Waals surface area contributed by atoms with E-state index in [-0.39, 0.29) is 5.75 Å². The number of aliphatic imine (C=N–C) groups is 1. The van der Waals surface area contributed by atoms with Gasteiger partial charge in [-0.15, -0.1) is 0 Å². The summed E-state index contributed by atoms with van der Waals surface area (Å²) in [5.74, 6) is 0.275. The number of nitrogens with zero attached hydrogens (tertiary/aromatic N) is 1. The second-order valence-corrected chi connectivity index (χ2v) is 3.83. The molecule has 72 valence electrons. The maximum absolute atomic E-state index is 10.8. The van der Waals surface area contributed by atoms with Crippen LogP contribution in [0.5, 0.6) is 5.75 Å². The molecule has 1 aromatic carbocycles. The smallest absolute Gasteiger partial charge is 0.406 e. The normalized spacial score (nSPS) is 9.00. The number of benzene rings is 1. The topological polar surface area (TPSA) is 55.7 Å². The van der Waals surface area contributed by atoms with Gasteiger partial charge in [-0.2, -0.15) is 0 Å². The predicted octanol–water partition coefficient (Wildman–Crippen LogP) is 3.05. The van der Waals surface area contributed by atoms with E-state index in [4.69, 9.17) is 4.74 Å². The van der Waals surface area contributed by atoms with Crippen LogP contribution in [-0.2, 0) is 4.79 Å². The molecule has 4 nitrogen and oxygen atoms in total. The van der Waals surface area contributed by atoms with E-state index in [9.17, 15) is 9.59 Å². The largest absolute Gasteiger partial charge is 0.450 e. The van der Waals surface area contributed by atoms with Crippen molar-refractivity contribution < 1.29 is 14.3 Å². The third-order valence-corrected chi connectivity index (χ3v) is 2.49. The number of amides is 1. The van der Waals surface area contributed by atoms with Crippen LogP contribution in [0.25, 0.3) is 0 Å². The number of carbonyl (C=O) groups excluding carboxylic acids is 2. The van der Waals surface area contributed by atoms with Crippen molar-refractivity contribution in [2.75, 3.05) is 0 Å². The molecule has 0 saturated carbocycles. The first-order valence-corrected chi connectivity index (χ1v) is 4.97. The fourth-order valence-electron chi connectivity index (χ4n) is 0.727. The van der Waals surface area contributed by atoms with Crippen molar-refractivity contribution in [3.63, 3.8) is 0 Å². The summed E-state index contributed by atoms with van der Waals surface area (Å²) in [6.07, 6.45) is 0.0896. The molecule has 0 radical (unpaired) electrons. The molecular weight excluding hydrogens is 318 g/mol. The summed E-state index contributed by atoms with van der Waals surface area (Å²) in [7, 11) is 0. The van der Waals surface area contributed by atoms with Gasteiger partial charge in [0.1, 0.15) is 0 Å². The first-order chi connectivity index (χ1) is 6.65. The Bertz CT molecular complexity index is 393. The predicted molar refractivity (Wildman–Crippen MR) is 56.0 cm³/mol. The number of isocyanates is 1. The maximum atomic E-state index is 10.8. The lowest BCUT2D eigenvalue weighted by atomic mass is 10.3. The molecule has 0 atom stereocenters. The van der Waals surface area contributed by atoms with Gasteiger partial charge in [-0.25, -0.2) is 9.59 Å². The minimum atomic E-state index is -1.01. The van der Waals surface area contributed by atoms with Crippen molar-refractivity contribution in [2.45, 2.75) is 0 Å². The van der Waals surface area contributed by atoms with E-state index in [1.54, 1.807) is 18.2 Å². The fraction of sp³-hybridized carbons (Fsp3) is 0. The van der Waals surface area contributed by atoms with Crippen molar-refractivity contribution in [1.82, 2.24) is 0 Å². The van der Waals surface area contributed by atoms with Crippen LogP contribution in [0.3, 0.4) is 0 Å². The molecule has 0 aliphatic heterocycles. The minimum absolute atomic E-state index is 0.275. The van der Waals surface area contributed by atoms with Crippen molar-refractivity contribution >= 4 is 44.0 Å². The Morgan fingerprint density at radius 3 is 2.43 bits per heavy atom. The number of carbonyl (C=O) groups is 1. The Morgan fingerprint density at radius 1 is 1.36 bits per heavy atom. The van der Waals surface area contributed by atoms with Gasteiger partial charge in [-0.05, 0) is 44.0 Å². The molecule has 1 aromatic rings. The van der Waals surface area contributed by atoms with Crippen LogP contribution >= 0.6 is 31.9 Å². The maximum Gasteiger partial charge on any atom is 0.450 e. The lowest BCUT2D eigenvalue weighted by molar-refractivity contribution is 0.210. The van der Waals surface area contributed by atoms with E-state index in [0.717, 1.165) is 6.08 Å². The molecule has 14 heavy (non-hydrogen) atoms. The van der Waals surface area contributed by atoms with E-state index in [2.05, 4.69) is 36.9 Å². The number of hydrogen-bond donors (Lipinski definition) is 0. The molecule has 0 aromatic heterocycles. The van der Waals surface area contributed by atoms with Gasteiger partial charge >= 0.3 is 6.09 Å². The van der Waals surface area contributed by atoms with Crippen LogP contribution in [0, 0.1) is 0 Å². The van der Waals surface area contributed by atoms with E-state index >= 15 is 0 Å². The molecular formula is C8H3Br2NO3. The van der Waals surface area contributed by atoms with Crippen LogP contribution in [0.2, 0.25) is 0 Å². The van der Waals surface area contributed by atoms with Gasteiger partial charge in [0.05, 0.1) is 8.95 Å². The summed E-state index contributed by atoms with van der Waals surface area (Å²) in [6.45, 7) is 0. The van der Waals surface area contributed by atoms with Crippen molar-refractivity contribution in [2.24, 2.45) is 4.99 Å². The minimum Gasteiger partial charge on any atom is -0.406 e. The lowest BCUT2D eigenvalue weighted by Gasteiger charge is -2.04. The molecule has 1 rings (SSSR count). The summed E-state index contributed by atoms with van der Waals surface area (Å²) >= 11 is 6.36. The van der Waals surface area contributed by atoms with Gasteiger partial charge in [-0.1, -0.05) is 11.1 Å². The van der Waals surface area contributed by atoms with E-state index in [1.807, 2.05) is 0 Å². The molecule has 0 N–H and O–H groups in total. The first-order valence-electron chi connectivity index (χ1n) is 3.39. The summed E-state index contributed by atoms with van der Waals surface area (Å²) < 4.78 is 5.92. The third-order valence-electron chi connectivity index (χ3n) is 1.25. The molecule has 0 spiro atoms. The van der Waals surface area contributed by atoms with Crippen LogP contribution in [0.4, 0.5) is 4.79 Å². The first kappa shape index (κ1) is 11.1. The van der Waals surface area contributed by atoms with Crippen LogP contribution in [0.1, 0.15) is 0 Å². The summed E-state index contributed by atoms with van der Waals surface area (Å²) in [6, 6.07) is 5.14. The number of para-hydroxylation sites is 1. The SMILES string of the molecule is O=C=NC(=O)Oc1c(Br)cccc1Br. The van der Waals surface area contributed by atoms with Crippen LogP contribution < -0.4 is 4.74 Å². The molecule has 0 unspecified atom stereocenters. The quantitative estimate of drug-likeness (QED) is 0.590.